The smallest absolute Gasteiger partial charge is 0.414 e. The van der Waals surface area contributed by atoms with Crippen LogP contribution < -0.4 is 14.7 Å². The predicted octanol–water partition coefficient (Wildman–Crippen LogP) is 3.79. The molecule has 0 radical (unpaired) electrons. The van der Waals surface area contributed by atoms with Crippen molar-refractivity contribution < 1.29 is 13.7 Å². The van der Waals surface area contributed by atoms with Crippen molar-refractivity contribution in [3.05, 3.63) is 70.2 Å². The zero-order valence-electron chi connectivity index (χ0n) is 20.2. The Morgan fingerprint density at radius 2 is 1.75 bits per heavy atom. The summed E-state index contributed by atoms with van der Waals surface area (Å²) >= 11 is 1.75. The highest BCUT2D eigenvalue weighted by atomic mass is 32.2. The summed E-state index contributed by atoms with van der Waals surface area (Å²) in [6.45, 7) is 4.40. The third-order valence-corrected chi connectivity index (χ3v) is 10.1. The van der Waals surface area contributed by atoms with Crippen molar-refractivity contribution >= 4 is 49.3 Å². The molecule has 0 spiro atoms. The number of amides is 1. The van der Waals surface area contributed by atoms with Crippen LogP contribution in [0.25, 0.3) is 0 Å². The van der Waals surface area contributed by atoms with Crippen molar-refractivity contribution in [2.24, 2.45) is 0 Å². The zero-order chi connectivity index (χ0) is 24.7. The van der Waals surface area contributed by atoms with E-state index >= 15 is 0 Å². The van der Waals surface area contributed by atoms with Gasteiger partial charge in [0.05, 0.1) is 6.54 Å². The van der Waals surface area contributed by atoms with Crippen LogP contribution in [0, 0.1) is 0 Å². The van der Waals surface area contributed by atoms with E-state index in [0.717, 1.165) is 49.8 Å². The van der Waals surface area contributed by atoms with E-state index in [1.54, 1.807) is 16.2 Å². The van der Waals surface area contributed by atoms with Crippen LogP contribution in [0.2, 0.25) is 0 Å². The summed E-state index contributed by atoms with van der Waals surface area (Å²) in [6.07, 6.45) is 3.56. The molecule has 2 fully saturated rings. The van der Waals surface area contributed by atoms with Crippen LogP contribution in [-0.4, -0.2) is 65.4 Å². The van der Waals surface area contributed by atoms with Crippen molar-refractivity contribution in [2.75, 3.05) is 59.0 Å². The molecule has 3 aliphatic heterocycles. The second-order valence-corrected chi connectivity index (χ2v) is 13.5. The normalized spacial score (nSPS) is 19.3. The predicted molar refractivity (Wildman–Crippen MR) is 148 cm³/mol. The summed E-state index contributed by atoms with van der Waals surface area (Å²) in [5, 5.41) is 1.04. The summed E-state index contributed by atoms with van der Waals surface area (Å²) in [4.78, 5) is 24.3. The van der Waals surface area contributed by atoms with E-state index in [-0.39, 0.29) is 6.09 Å². The van der Waals surface area contributed by atoms with Gasteiger partial charge >= 0.3 is 6.09 Å². The van der Waals surface area contributed by atoms with E-state index in [4.69, 9.17) is 9.72 Å². The number of nitrogens with zero attached hydrogens (tertiary/aromatic N) is 4. The van der Waals surface area contributed by atoms with Gasteiger partial charge in [-0.25, -0.2) is 9.78 Å². The standard InChI is InChI=1S/C27H30N4O3S2/c1-36(33)14-11-29(12-15-36)23-5-2-20(3-6-23)16-25-18-28-26(35-25)30-9-8-21-4-7-24(17-22(21)19-30)31-10-13-34-27(31)32/h2-7,17-18H,1,8-16,19H2. The molecule has 0 N–H and O–H groups in total. The van der Waals surface area contributed by atoms with Gasteiger partial charge in [0.2, 0.25) is 0 Å². The fraction of sp³-hybridized carbons (Fsp3) is 0.370. The van der Waals surface area contributed by atoms with E-state index in [1.807, 2.05) is 12.3 Å². The summed E-state index contributed by atoms with van der Waals surface area (Å²) in [7, 11) is -1.88. The number of hydrogen-bond acceptors (Lipinski definition) is 7. The van der Waals surface area contributed by atoms with Crippen molar-refractivity contribution in [2.45, 2.75) is 19.4 Å². The first kappa shape index (κ1) is 23.4. The van der Waals surface area contributed by atoms with Gasteiger partial charge in [-0.3, -0.25) is 9.11 Å². The zero-order valence-corrected chi connectivity index (χ0v) is 21.9. The topological polar surface area (TPSA) is 66.0 Å². The molecular weight excluding hydrogens is 492 g/mol. The molecule has 3 aromatic rings. The lowest BCUT2D eigenvalue weighted by atomic mass is 9.99. The van der Waals surface area contributed by atoms with Gasteiger partial charge in [0.1, 0.15) is 6.61 Å². The Morgan fingerprint density at radius 3 is 2.50 bits per heavy atom. The van der Waals surface area contributed by atoms with Crippen LogP contribution in [0.4, 0.5) is 21.3 Å². The summed E-state index contributed by atoms with van der Waals surface area (Å²) < 4.78 is 17.2. The molecule has 6 rings (SSSR count). The van der Waals surface area contributed by atoms with Gasteiger partial charge < -0.3 is 14.5 Å². The number of ether oxygens (including phenoxy) is 1. The maximum absolute atomic E-state index is 12.1. The van der Waals surface area contributed by atoms with E-state index in [2.05, 4.69) is 52.1 Å². The Bertz CT molecular complexity index is 1370. The first-order valence-corrected chi connectivity index (χ1v) is 15.2. The lowest BCUT2D eigenvalue weighted by molar-refractivity contribution is 0.181. The van der Waals surface area contributed by atoms with Gasteiger partial charge in [0.25, 0.3) is 0 Å². The number of fused-ring (bicyclic) bond motifs is 1. The highest BCUT2D eigenvalue weighted by Gasteiger charge is 2.26. The van der Waals surface area contributed by atoms with E-state index in [0.29, 0.717) is 24.7 Å². The van der Waals surface area contributed by atoms with Gasteiger partial charge in [-0.15, -0.1) is 11.3 Å². The molecule has 7 nitrogen and oxygen atoms in total. The first-order valence-electron chi connectivity index (χ1n) is 12.4. The van der Waals surface area contributed by atoms with E-state index < -0.39 is 9.52 Å². The second-order valence-electron chi connectivity index (χ2n) is 9.70. The molecule has 9 heteroatoms. The molecule has 188 valence electrons. The third-order valence-electron chi connectivity index (χ3n) is 7.23. The third kappa shape index (κ3) is 4.82. The molecule has 36 heavy (non-hydrogen) atoms. The SMILES string of the molecule is C=S1(=O)CCN(c2ccc(Cc3cnc(N4CCc5ccc(N6CCOC6=O)cc5C4)s3)cc2)CC1. The van der Waals surface area contributed by atoms with Crippen molar-refractivity contribution in [1.29, 1.82) is 0 Å². The Labute approximate surface area is 216 Å². The number of aromatic nitrogens is 1. The van der Waals surface area contributed by atoms with Crippen molar-refractivity contribution in [3.63, 3.8) is 0 Å². The molecule has 0 aliphatic carbocycles. The summed E-state index contributed by atoms with van der Waals surface area (Å²) in [5.74, 6) is 5.21. The maximum atomic E-state index is 12.1. The molecule has 1 aromatic heterocycles. The van der Waals surface area contributed by atoms with Gasteiger partial charge in [-0.2, -0.15) is 0 Å². The Hall–Kier alpha value is -3.04. The number of carbonyl (C=O) groups is 1. The lowest BCUT2D eigenvalue weighted by Gasteiger charge is -2.30. The van der Waals surface area contributed by atoms with Crippen LogP contribution in [0.1, 0.15) is 21.6 Å². The first-order chi connectivity index (χ1) is 17.4. The monoisotopic (exact) mass is 522 g/mol. The Morgan fingerprint density at radius 1 is 0.972 bits per heavy atom. The molecule has 1 amide bonds. The maximum Gasteiger partial charge on any atom is 0.414 e. The van der Waals surface area contributed by atoms with Crippen LogP contribution in [0.5, 0.6) is 0 Å². The summed E-state index contributed by atoms with van der Waals surface area (Å²) in [5.41, 5.74) is 5.94. The number of hydrogen-bond donors (Lipinski definition) is 0. The minimum Gasteiger partial charge on any atom is -0.447 e. The van der Waals surface area contributed by atoms with Gasteiger partial charge in [-0.1, -0.05) is 18.2 Å². The number of rotatable bonds is 5. The van der Waals surface area contributed by atoms with Gasteiger partial charge in [-0.05, 0) is 62.8 Å². The summed E-state index contributed by atoms with van der Waals surface area (Å²) in [6, 6.07) is 15.0. The fourth-order valence-corrected chi connectivity index (χ4v) is 7.36. The number of anilines is 3. The Kier molecular flexibility index (Phi) is 6.13. The van der Waals surface area contributed by atoms with Crippen LogP contribution in [0.3, 0.4) is 0 Å². The minimum atomic E-state index is -1.88. The molecule has 2 aromatic carbocycles. The van der Waals surface area contributed by atoms with Gasteiger partial charge in [0.15, 0.2) is 5.13 Å². The molecule has 0 saturated carbocycles. The van der Waals surface area contributed by atoms with Crippen molar-refractivity contribution in [3.8, 4) is 0 Å². The number of cyclic esters (lactones) is 1. The van der Waals surface area contributed by atoms with Crippen LogP contribution >= 0.6 is 11.3 Å². The van der Waals surface area contributed by atoms with E-state index in [1.165, 1.54) is 27.3 Å². The molecule has 0 atom stereocenters. The molecule has 0 bridgehead atoms. The second kappa shape index (κ2) is 9.44. The molecule has 3 aliphatic rings. The molecule has 0 unspecified atom stereocenters. The van der Waals surface area contributed by atoms with Gasteiger partial charge in [0, 0.05) is 66.6 Å². The molecular formula is C27H30N4O3S2. The number of thiazole rings is 1. The van der Waals surface area contributed by atoms with Crippen LogP contribution in [-0.2, 0) is 33.6 Å². The fourth-order valence-electron chi connectivity index (χ4n) is 5.08. The highest BCUT2D eigenvalue weighted by Crippen LogP contribution is 2.32. The average Bonchev–Trinajstić information content (AvgIpc) is 3.53. The number of benzene rings is 2. The number of carbonyl (C=O) groups excluding carboxylic acids is 1. The minimum absolute atomic E-state index is 0.264. The van der Waals surface area contributed by atoms with Crippen molar-refractivity contribution in [1.82, 2.24) is 4.98 Å². The molecule has 4 heterocycles. The van der Waals surface area contributed by atoms with Crippen LogP contribution in [0.15, 0.2) is 48.7 Å². The average molecular weight is 523 g/mol. The Balaban J connectivity index is 1.10. The lowest BCUT2D eigenvalue weighted by Crippen LogP contribution is -2.40. The van der Waals surface area contributed by atoms with E-state index in [9.17, 15) is 9.00 Å². The molecule has 2 saturated heterocycles. The highest BCUT2D eigenvalue weighted by molar-refractivity contribution is 8.00. The largest absolute Gasteiger partial charge is 0.447 e. The quantitative estimate of drug-likeness (QED) is 0.475.